The summed E-state index contributed by atoms with van der Waals surface area (Å²) in [7, 11) is 0. The Labute approximate surface area is 118 Å². The summed E-state index contributed by atoms with van der Waals surface area (Å²) in [6, 6.07) is 9.76. The fourth-order valence-electron chi connectivity index (χ4n) is 2.10. The van der Waals surface area contributed by atoms with Gasteiger partial charge in [-0.2, -0.15) is 0 Å². The molecule has 0 radical (unpaired) electrons. The van der Waals surface area contributed by atoms with Crippen LogP contribution in [0.15, 0.2) is 47.4 Å². The minimum atomic E-state index is -0.776. The van der Waals surface area contributed by atoms with Gasteiger partial charge in [0.05, 0.1) is 10.9 Å². The van der Waals surface area contributed by atoms with Crippen LogP contribution in [0.4, 0.5) is 0 Å². The Morgan fingerprint density at radius 3 is 2.65 bits per heavy atom. The third-order valence-electron chi connectivity index (χ3n) is 3.03. The predicted molar refractivity (Wildman–Crippen MR) is 75.3 cm³/mol. The molecule has 3 aromatic rings. The Balaban J connectivity index is 2.50. The summed E-state index contributed by atoms with van der Waals surface area (Å²) in [6.45, 7) is 0. The Bertz CT molecular complexity index is 874. The summed E-state index contributed by atoms with van der Waals surface area (Å²) in [4.78, 5) is 16.1. The molecule has 0 aliphatic heterocycles. The van der Waals surface area contributed by atoms with E-state index in [1.54, 1.807) is 36.4 Å². The summed E-state index contributed by atoms with van der Waals surface area (Å²) < 4.78 is 0.410. The number of halogens is 1. The van der Waals surface area contributed by atoms with Gasteiger partial charge in [-0.1, -0.05) is 29.8 Å². The largest absolute Gasteiger partial charge is 0.506 e. The van der Waals surface area contributed by atoms with E-state index in [4.69, 9.17) is 11.6 Å². The van der Waals surface area contributed by atoms with Gasteiger partial charge in [0, 0.05) is 16.8 Å². The number of fused-ring (bicyclic) bond motifs is 1. The van der Waals surface area contributed by atoms with Crippen LogP contribution in [0.2, 0.25) is 5.02 Å². The van der Waals surface area contributed by atoms with Gasteiger partial charge in [-0.25, -0.2) is 4.98 Å². The van der Waals surface area contributed by atoms with Crippen molar-refractivity contribution in [2.45, 2.75) is 0 Å². The quantitative estimate of drug-likeness (QED) is 0.675. The summed E-state index contributed by atoms with van der Waals surface area (Å²) in [5, 5.41) is 20.8. The zero-order chi connectivity index (χ0) is 14.3. The zero-order valence-electron chi connectivity index (χ0n) is 10.1. The van der Waals surface area contributed by atoms with Crippen LogP contribution in [0, 0.1) is 0 Å². The molecule has 2 heterocycles. The van der Waals surface area contributed by atoms with E-state index in [0.29, 0.717) is 15.3 Å². The van der Waals surface area contributed by atoms with E-state index in [0.717, 1.165) is 0 Å². The lowest BCUT2D eigenvalue weighted by molar-refractivity contribution is 0.186. The normalized spacial score (nSPS) is 10.8. The van der Waals surface area contributed by atoms with E-state index in [2.05, 4.69) is 4.98 Å². The van der Waals surface area contributed by atoms with Gasteiger partial charge in [0.2, 0.25) is 0 Å². The summed E-state index contributed by atoms with van der Waals surface area (Å²) in [6.07, 6.45) is 1.42. The van der Waals surface area contributed by atoms with E-state index in [-0.39, 0.29) is 22.3 Å². The number of benzene rings is 1. The van der Waals surface area contributed by atoms with E-state index < -0.39 is 5.56 Å². The van der Waals surface area contributed by atoms with E-state index in [9.17, 15) is 15.1 Å². The van der Waals surface area contributed by atoms with Gasteiger partial charge < -0.3 is 10.3 Å². The van der Waals surface area contributed by atoms with Crippen molar-refractivity contribution in [2.24, 2.45) is 0 Å². The van der Waals surface area contributed by atoms with Crippen LogP contribution in [0.5, 0.6) is 5.75 Å². The molecule has 0 fully saturated rings. The van der Waals surface area contributed by atoms with Crippen LogP contribution in [-0.2, 0) is 0 Å². The standard InChI is InChI=1S/C14H9ClN2O3/c15-10-6-2-1-4-8(10)11-12(18)9-5-3-7-16-13(9)17(20)14(11)19/h1-7,18,20H. The predicted octanol–water partition coefficient (Wildman–Crippen LogP) is 2.66. The van der Waals surface area contributed by atoms with Crippen LogP contribution >= 0.6 is 11.6 Å². The number of aromatic nitrogens is 2. The van der Waals surface area contributed by atoms with Crippen LogP contribution in [0.3, 0.4) is 0 Å². The van der Waals surface area contributed by atoms with Gasteiger partial charge in [-0.15, -0.1) is 4.73 Å². The minimum Gasteiger partial charge on any atom is -0.506 e. The van der Waals surface area contributed by atoms with Crippen molar-refractivity contribution in [2.75, 3.05) is 0 Å². The molecule has 0 aliphatic rings. The first-order chi connectivity index (χ1) is 9.61. The third kappa shape index (κ3) is 1.71. The number of aromatic hydroxyl groups is 1. The van der Waals surface area contributed by atoms with Crippen molar-refractivity contribution in [3.63, 3.8) is 0 Å². The fourth-order valence-corrected chi connectivity index (χ4v) is 2.33. The smallest absolute Gasteiger partial charge is 0.296 e. The highest BCUT2D eigenvalue weighted by Crippen LogP contribution is 2.35. The lowest BCUT2D eigenvalue weighted by Gasteiger charge is -2.10. The Morgan fingerprint density at radius 2 is 1.90 bits per heavy atom. The molecule has 0 unspecified atom stereocenters. The van der Waals surface area contributed by atoms with Crippen molar-refractivity contribution in [1.29, 1.82) is 0 Å². The highest BCUT2D eigenvalue weighted by molar-refractivity contribution is 6.33. The van der Waals surface area contributed by atoms with Gasteiger partial charge in [0.15, 0.2) is 5.65 Å². The van der Waals surface area contributed by atoms with Crippen molar-refractivity contribution in [1.82, 2.24) is 9.71 Å². The number of nitrogens with zero attached hydrogens (tertiary/aromatic N) is 2. The average molecular weight is 289 g/mol. The first-order valence-corrected chi connectivity index (χ1v) is 6.16. The number of pyridine rings is 2. The maximum absolute atomic E-state index is 12.2. The van der Waals surface area contributed by atoms with Gasteiger partial charge in [0.1, 0.15) is 5.75 Å². The van der Waals surface area contributed by atoms with Crippen molar-refractivity contribution in [3.05, 3.63) is 58.0 Å². The van der Waals surface area contributed by atoms with E-state index in [1.807, 2.05) is 0 Å². The lowest BCUT2D eigenvalue weighted by Crippen LogP contribution is -2.21. The molecule has 0 spiro atoms. The molecule has 1 aromatic carbocycles. The van der Waals surface area contributed by atoms with Gasteiger partial charge in [-0.05, 0) is 18.2 Å². The fraction of sp³-hybridized carbons (Fsp3) is 0. The highest BCUT2D eigenvalue weighted by atomic mass is 35.5. The van der Waals surface area contributed by atoms with Gasteiger partial charge in [-0.3, -0.25) is 4.79 Å². The Hall–Kier alpha value is -2.53. The van der Waals surface area contributed by atoms with Gasteiger partial charge in [0.25, 0.3) is 5.56 Å². The Morgan fingerprint density at radius 1 is 1.15 bits per heavy atom. The number of hydrogen-bond donors (Lipinski definition) is 2. The molecule has 0 aliphatic carbocycles. The molecule has 3 rings (SSSR count). The first-order valence-electron chi connectivity index (χ1n) is 5.78. The summed E-state index contributed by atoms with van der Waals surface area (Å²) in [5.74, 6) is -0.253. The summed E-state index contributed by atoms with van der Waals surface area (Å²) >= 11 is 6.05. The monoisotopic (exact) mass is 288 g/mol. The maximum atomic E-state index is 12.2. The van der Waals surface area contributed by atoms with Crippen LogP contribution < -0.4 is 5.56 Å². The molecule has 2 aromatic heterocycles. The summed E-state index contributed by atoms with van der Waals surface area (Å²) in [5.41, 5.74) is -0.489. The van der Waals surface area contributed by atoms with Crippen LogP contribution in [-0.4, -0.2) is 20.0 Å². The third-order valence-corrected chi connectivity index (χ3v) is 3.36. The highest BCUT2D eigenvalue weighted by Gasteiger charge is 2.19. The zero-order valence-corrected chi connectivity index (χ0v) is 10.9. The molecule has 0 saturated carbocycles. The maximum Gasteiger partial charge on any atom is 0.296 e. The molecule has 0 atom stereocenters. The molecule has 0 bridgehead atoms. The second-order valence-electron chi connectivity index (χ2n) is 4.19. The van der Waals surface area contributed by atoms with Crippen molar-refractivity contribution < 1.29 is 10.3 Å². The second kappa shape index (κ2) is 4.54. The van der Waals surface area contributed by atoms with E-state index >= 15 is 0 Å². The first kappa shape index (κ1) is 12.5. The van der Waals surface area contributed by atoms with Crippen LogP contribution in [0.25, 0.3) is 22.2 Å². The lowest BCUT2D eigenvalue weighted by atomic mass is 10.0. The molecule has 0 amide bonds. The number of rotatable bonds is 1. The molecule has 2 N–H and O–H groups in total. The molecule has 20 heavy (non-hydrogen) atoms. The number of hydrogen-bond acceptors (Lipinski definition) is 4. The molecular weight excluding hydrogens is 280 g/mol. The van der Waals surface area contributed by atoms with Crippen molar-refractivity contribution in [3.8, 4) is 16.9 Å². The SMILES string of the molecule is O=c1c(-c2ccccc2Cl)c(O)c2cccnc2n1O. The van der Waals surface area contributed by atoms with Crippen molar-refractivity contribution >= 4 is 22.6 Å². The minimum absolute atomic E-state index is 0.00852. The molecule has 5 nitrogen and oxygen atoms in total. The van der Waals surface area contributed by atoms with E-state index in [1.165, 1.54) is 6.20 Å². The Kier molecular flexibility index (Phi) is 2.84. The molecule has 6 heteroatoms. The average Bonchev–Trinajstić information content (AvgIpc) is 2.47. The molecule has 100 valence electrons. The van der Waals surface area contributed by atoms with Crippen LogP contribution in [0.1, 0.15) is 0 Å². The van der Waals surface area contributed by atoms with Gasteiger partial charge >= 0.3 is 0 Å². The second-order valence-corrected chi connectivity index (χ2v) is 4.60. The molecule has 0 saturated heterocycles. The molecular formula is C14H9ClN2O3. The topological polar surface area (TPSA) is 75.3 Å².